The molecule has 0 aromatic heterocycles. The molecule has 7 nitrogen and oxygen atoms in total. The molecule has 0 fully saturated rings. The number of nitrogens with one attached hydrogen (secondary N) is 1. The first-order chi connectivity index (χ1) is 11.9. The van der Waals surface area contributed by atoms with E-state index >= 15 is 0 Å². The number of methoxy groups -OCH3 is 1. The molecular weight excluding hydrogens is 418 g/mol. The molecular formula is C16H23BrClNO6. The molecule has 9 heteroatoms. The Hall–Kier alpha value is -1.35. The summed E-state index contributed by atoms with van der Waals surface area (Å²) >= 11 is 9.43. The van der Waals surface area contributed by atoms with Gasteiger partial charge < -0.3 is 25.0 Å². The Bertz CT molecular complexity index is 517. The first-order valence-electron chi connectivity index (χ1n) is 7.62. The van der Waals surface area contributed by atoms with Crippen molar-refractivity contribution in [2.75, 3.05) is 33.4 Å². The number of benzene rings is 1. The topological polar surface area (TPSA) is 105 Å². The number of rotatable bonds is 10. The Labute approximate surface area is 160 Å². The lowest BCUT2D eigenvalue weighted by Gasteiger charge is -2.08. The number of ether oxygens (including phenoxy) is 2. The SMILES string of the molecule is COCCCNCCCCOc1ccc(Br)cc1Cl.O=C(O)C(=O)O. The predicted octanol–water partition coefficient (Wildman–Crippen LogP) is 3.04. The molecule has 25 heavy (non-hydrogen) atoms. The zero-order chi connectivity index (χ0) is 19.1. The van der Waals surface area contributed by atoms with E-state index in [4.69, 9.17) is 40.9 Å². The average Bonchev–Trinajstić information content (AvgIpc) is 2.55. The minimum atomic E-state index is -1.82. The molecule has 3 N–H and O–H groups in total. The van der Waals surface area contributed by atoms with Crippen molar-refractivity contribution in [1.82, 2.24) is 5.32 Å². The lowest BCUT2D eigenvalue weighted by Crippen LogP contribution is -2.18. The molecule has 0 saturated carbocycles. The first kappa shape index (κ1) is 23.6. The standard InChI is InChI=1S/C14H21BrClNO2.C2H2O4/c1-18-9-4-8-17-7-2-3-10-19-14-6-5-12(15)11-13(14)16;3-1(4)2(5)6/h5-6,11,17H,2-4,7-10H2,1H3;(H,3,4)(H,5,6). The number of carbonyl (C=O) groups is 2. The van der Waals surface area contributed by atoms with E-state index in [1.807, 2.05) is 18.2 Å². The number of carboxylic acids is 2. The highest BCUT2D eigenvalue weighted by Crippen LogP contribution is 2.27. The number of hydrogen-bond acceptors (Lipinski definition) is 5. The van der Waals surface area contributed by atoms with Crippen molar-refractivity contribution in [3.63, 3.8) is 0 Å². The van der Waals surface area contributed by atoms with Gasteiger partial charge in [0.25, 0.3) is 0 Å². The second kappa shape index (κ2) is 14.9. The van der Waals surface area contributed by atoms with Gasteiger partial charge in [-0.25, -0.2) is 9.59 Å². The van der Waals surface area contributed by atoms with Gasteiger partial charge in [0.2, 0.25) is 0 Å². The maximum atomic E-state index is 9.10. The third-order valence-corrected chi connectivity index (χ3v) is 3.57. The Kier molecular flexibility index (Phi) is 14.1. The van der Waals surface area contributed by atoms with Crippen molar-refractivity contribution in [2.45, 2.75) is 19.3 Å². The summed E-state index contributed by atoms with van der Waals surface area (Å²) in [7, 11) is 1.73. The van der Waals surface area contributed by atoms with E-state index < -0.39 is 11.9 Å². The van der Waals surface area contributed by atoms with Gasteiger partial charge >= 0.3 is 11.9 Å². The second-order valence-corrected chi connectivity index (χ2v) is 6.16. The van der Waals surface area contributed by atoms with Gasteiger partial charge in [-0.05, 0) is 50.6 Å². The van der Waals surface area contributed by atoms with E-state index in [2.05, 4.69) is 21.2 Å². The van der Waals surface area contributed by atoms with Gasteiger partial charge in [-0.1, -0.05) is 27.5 Å². The molecule has 0 saturated heterocycles. The molecule has 142 valence electrons. The quantitative estimate of drug-likeness (QED) is 0.379. The summed E-state index contributed by atoms with van der Waals surface area (Å²) in [6.45, 7) is 3.54. The van der Waals surface area contributed by atoms with E-state index in [0.717, 1.165) is 49.2 Å². The monoisotopic (exact) mass is 439 g/mol. The lowest BCUT2D eigenvalue weighted by atomic mass is 10.3. The van der Waals surface area contributed by atoms with Gasteiger partial charge in [0.05, 0.1) is 11.6 Å². The molecule has 0 aliphatic carbocycles. The third kappa shape index (κ3) is 13.6. The Morgan fingerprint density at radius 2 is 1.76 bits per heavy atom. The highest BCUT2D eigenvalue weighted by molar-refractivity contribution is 9.10. The predicted molar refractivity (Wildman–Crippen MR) is 98.5 cm³/mol. The van der Waals surface area contributed by atoms with Crippen LogP contribution in [-0.4, -0.2) is 55.6 Å². The molecule has 1 aromatic rings. The molecule has 0 aliphatic rings. The Morgan fingerprint density at radius 3 is 2.32 bits per heavy atom. The molecule has 0 radical (unpaired) electrons. The molecule has 0 spiro atoms. The molecule has 0 bridgehead atoms. The second-order valence-electron chi connectivity index (χ2n) is 4.84. The van der Waals surface area contributed by atoms with Crippen LogP contribution in [-0.2, 0) is 14.3 Å². The zero-order valence-corrected chi connectivity index (χ0v) is 16.3. The van der Waals surface area contributed by atoms with Gasteiger partial charge in [-0.15, -0.1) is 0 Å². The van der Waals surface area contributed by atoms with Crippen molar-refractivity contribution in [1.29, 1.82) is 0 Å². The maximum absolute atomic E-state index is 9.10. The Morgan fingerprint density at radius 1 is 1.12 bits per heavy atom. The van der Waals surface area contributed by atoms with Crippen molar-refractivity contribution in [2.24, 2.45) is 0 Å². The Balaban J connectivity index is 0.000000823. The summed E-state index contributed by atoms with van der Waals surface area (Å²) in [4.78, 5) is 18.2. The summed E-state index contributed by atoms with van der Waals surface area (Å²) in [5, 5.41) is 18.8. The molecule has 0 amide bonds. The van der Waals surface area contributed by atoms with Gasteiger partial charge in [-0.3, -0.25) is 0 Å². The van der Waals surface area contributed by atoms with Crippen molar-refractivity contribution in [3.05, 3.63) is 27.7 Å². The fourth-order valence-corrected chi connectivity index (χ4v) is 2.32. The van der Waals surface area contributed by atoms with E-state index in [9.17, 15) is 0 Å². The molecule has 1 aromatic carbocycles. The van der Waals surface area contributed by atoms with Crippen molar-refractivity contribution >= 4 is 39.5 Å². The van der Waals surface area contributed by atoms with Gasteiger partial charge in [-0.2, -0.15) is 0 Å². The van der Waals surface area contributed by atoms with Crippen molar-refractivity contribution < 1.29 is 29.3 Å². The fourth-order valence-electron chi connectivity index (χ4n) is 1.59. The van der Waals surface area contributed by atoms with E-state index in [0.29, 0.717) is 11.6 Å². The zero-order valence-electron chi connectivity index (χ0n) is 14.0. The molecule has 0 unspecified atom stereocenters. The maximum Gasteiger partial charge on any atom is 0.414 e. The molecule has 0 atom stereocenters. The summed E-state index contributed by atoms with van der Waals surface area (Å²) in [6, 6.07) is 5.65. The smallest absolute Gasteiger partial charge is 0.414 e. The number of halogens is 2. The lowest BCUT2D eigenvalue weighted by molar-refractivity contribution is -0.159. The number of carboxylic acid groups (broad SMARTS) is 2. The van der Waals surface area contributed by atoms with Gasteiger partial charge in [0.15, 0.2) is 0 Å². The van der Waals surface area contributed by atoms with E-state index in [1.54, 1.807) is 7.11 Å². The van der Waals surface area contributed by atoms with Gasteiger partial charge in [0, 0.05) is 18.2 Å². The van der Waals surface area contributed by atoms with Crippen LogP contribution >= 0.6 is 27.5 Å². The molecule has 1 rings (SSSR count). The van der Waals surface area contributed by atoms with E-state index in [-0.39, 0.29) is 0 Å². The molecule has 0 heterocycles. The highest BCUT2D eigenvalue weighted by atomic mass is 79.9. The minimum absolute atomic E-state index is 0.645. The van der Waals surface area contributed by atoms with E-state index in [1.165, 1.54) is 0 Å². The van der Waals surface area contributed by atoms with Crippen LogP contribution in [0.4, 0.5) is 0 Å². The average molecular weight is 441 g/mol. The summed E-state index contributed by atoms with van der Waals surface area (Å²) < 4.78 is 11.6. The summed E-state index contributed by atoms with van der Waals surface area (Å²) in [5.74, 6) is -2.90. The summed E-state index contributed by atoms with van der Waals surface area (Å²) in [5.41, 5.74) is 0. The molecule has 0 aliphatic heterocycles. The van der Waals surface area contributed by atoms with Crippen LogP contribution in [0.1, 0.15) is 19.3 Å². The number of hydrogen-bond donors (Lipinski definition) is 3. The highest BCUT2D eigenvalue weighted by Gasteiger charge is 2.04. The number of unbranched alkanes of at least 4 members (excludes halogenated alkanes) is 1. The van der Waals surface area contributed by atoms with Crippen LogP contribution in [0.2, 0.25) is 5.02 Å². The van der Waals surface area contributed by atoms with Crippen LogP contribution in [0, 0.1) is 0 Å². The summed E-state index contributed by atoms with van der Waals surface area (Å²) in [6.07, 6.45) is 3.17. The first-order valence-corrected chi connectivity index (χ1v) is 8.79. The van der Waals surface area contributed by atoms with Crippen LogP contribution in [0.5, 0.6) is 5.75 Å². The van der Waals surface area contributed by atoms with Crippen LogP contribution in [0.3, 0.4) is 0 Å². The normalized spacial score (nSPS) is 9.88. The van der Waals surface area contributed by atoms with Crippen molar-refractivity contribution in [3.8, 4) is 5.75 Å². The largest absolute Gasteiger partial charge is 0.492 e. The third-order valence-electron chi connectivity index (χ3n) is 2.78. The minimum Gasteiger partial charge on any atom is -0.492 e. The van der Waals surface area contributed by atoms with Gasteiger partial charge in [0.1, 0.15) is 5.75 Å². The van der Waals surface area contributed by atoms with Crippen LogP contribution < -0.4 is 10.1 Å². The van der Waals surface area contributed by atoms with Crippen LogP contribution in [0.15, 0.2) is 22.7 Å². The fraction of sp³-hybridized carbons (Fsp3) is 0.500. The van der Waals surface area contributed by atoms with Crippen LogP contribution in [0.25, 0.3) is 0 Å². The number of aliphatic carboxylic acids is 2.